The van der Waals surface area contributed by atoms with E-state index in [9.17, 15) is 8.42 Å². The van der Waals surface area contributed by atoms with Crippen molar-refractivity contribution in [2.75, 3.05) is 52.3 Å². The number of aromatic nitrogens is 2. The maximum absolute atomic E-state index is 12.7. The van der Waals surface area contributed by atoms with Gasteiger partial charge >= 0.3 is 0 Å². The molecule has 2 N–H and O–H groups in total. The minimum atomic E-state index is -3.52. The summed E-state index contributed by atoms with van der Waals surface area (Å²) < 4.78 is 33.5. The normalized spacial score (nSPS) is 22.4. The highest BCUT2D eigenvalue weighted by Gasteiger charge is 2.29. The molecule has 0 saturated carbocycles. The highest BCUT2D eigenvalue weighted by atomic mass is 32.2. The summed E-state index contributed by atoms with van der Waals surface area (Å²) >= 11 is 0. The van der Waals surface area contributed by atoms with E-state index in [4.69, 9.17) is 4.74 Å². The fourth-order valence-corrected chi connectivity index (χ4v) is 4.37. The Balaban J connectivity index is 1.77. The van der Waals surface area contributed by atoms with E-state index in [-0.39, 0.29) is 12.6 Å². The molecule has 2 fully saturated rings. The molecule has 1 unspecified atom stereocenters. The van der Waals surface area contributed by atoms with Crippen LogP contribution in [0.4, 0.5) is 5.82 Å². The summed E-state index contributed by atoms with van der Waals surface area (Å²) in [5.41, 5.74) is 0.683. The molecule has 0 radical (unpaired) electrons. The molecule has 140 valence electrons. The van der Waals surface area contributed by atoms with Crippen LogP contribution in [0.2, 0.25) is 0 Å². The lowest BCUT2D eigenvalue weighted by Gasteiger charge is -2.30. The second kappa shape index (κ2) is 7.92. The predicted octanol–water partition coefficient (Wildman–Crippen LogP) is -0.0484. The van der Waals surface area contributed by atoms with Crippen LogP contribution in [0, 0.1) is 0 Å². The summed E-state index contributed by atoms with van der Waals surface area (Å²) in [6.07, 6.45) is 2.09. The Hall–Kier alpha value is -1.33. The van der Waals surface area contributed by atoms with Crippen molar-refractivity contribution in [2.45, 2.75) is 25.4 Å². The van der Waals surface area contributed by atoms with E-state index in [1.165, 1.54) is 8.61 Å². The lowest BCUT2D eigenvalue weighted by atomic mass is 10.2. The van der Waals surface area contributed by atoms with E-state index in [0.29, 0.717) is 37.8 Å². The van der Waals surface area contributed by atoms with Gasteiger partial charge in [0.25, 0.3) is 10.2 Å². The quantitative estimate of drug-likeness (QED) is 0.724. The third kappa shape index (κ3) is 4.26. The Bertz CT molecular complexity index is 687. The molecule has 2 aliphatic heterocycles. The van der Waals surface area contributed by atoms with E-state index in [1.54, 1.807) is 20.2 Å². The Morgan fingerprint density at radius 1 is 1.40 bits per heavy atom. The summed E-state index contributed by atoms with van der Waals surface area (Å²) in [5, 5.41) is 6.41. The van der Waals surface area contributed by atoms with Crippen molar-refractivity contribution in [1.29, 1.82) is 0 Å². The Morgan fingerprint density at radius 3 is 2.80 bits per heavy atom. The summed E-state index contributed by atoms with van der Waals surface area (Å²) in [6, 6.07) is 1.93. The zero-order valence-electron chi connectivity index (χ0n) is 14.7. The molecular weight excluding hydrogens is 344 g/mol. The largest absolute Gasteiger partial charge is 0.379 e. The molecule has 0 amide bonds. The average molecular weight is 370 g/mol. The second-order valence-electron chi connectivity index (χ2n) is 6.28. The molecule has 25 heavy (non-hydrogen) atoms. The molecule has 10 heteroatoms. The van der Waals surface area contributed by atoms with Crippen LogP contribution in [0.1, 0.15) is 30.4 Å². The smallest absolute Gasteiger partial charge is 0.282 e. The number of morpholine rings is 1. The zero-order valence-corrected chi connectivity index (χ0v) is 15.5. The molecule has 0 aromatic carbocycles. The van der Waals surface area contributed by atoms with E-state index >= 15 is 0 Å². The first kappa shape index (κ1) is 18.5. The maximum Gasteiger partial charge on any atom is 0.282 e. The summed E-state index contributed by atoms with van der Waals surface area (Å²) in [7, 11) is -0.141. The van der Waals surface area contributed by atoms with E-state index in [1.807, 2.05) is 0 Å². The van der Waals surface area contributed by atoms with Crippen molar-refractivity contribution in [1.82, 2.24) is 23.9 Å². The number of ether oxygens (including phenoxy) is 1. The van der Waals surface area contributed by atoms with Crippen molar-refractivity contribution in [3.63, 3.8) is 0 Å². The Morgan fingerprint density at radius 2 is 2.16 bits per heavy atom. The maximum atomic E-state index is 12.7. The summed E-state index contributed by atoms with van der Waals surface area (Å²) in [5.74, 6) is 1.42. The van der Waals surface area contributed by atoms with Gasteiger partial charge in [-0.2, -0.15) is 17.0 Å². The van der Waals surface area contributed by atoms with E-state index in [2.05, 4.69) is 20.6 Å². The van der Waals surface area contributed by atoms with Crippen LogP contribution in [0.3, 0.4) is 0 Å². The first-order valence-corrected chi connectivity index (χ1v) is 9.98. The number of rotatable bonds is 6. The van der Waals surface area contributed by atoms with Crippen molar-refractivity contribution in [2.24, 2.45) is 0 Å². The highest BCUT2D eigenvalue weighted by Crippen LogP contribution is 2.22. The molecule has 3 rings (SSSR count). The topological polar surface area (TPSA) is 99.7 Å². The first-order valence-electron chi connectivity index (χ1n) is 8.59. The molecule has 1 atom stereocenters. The minimum Gasteiger partial charge on any atom is -0.379 e. The summed E-state index contributed by atoms with van der Waals surface area (Å²) in [4.78, 5) is 9.11. The third-order valence-corrected chi connectivity index (χ3v) is 6.43. The number of nitrogens with zero attached hydrogens (tertiary/aromatic N) is 4. The summed E-state index contributed by atoms with van der Waals surface area (Å²) in [6.45, 7) is 2.80. The van der Waals surface area contributed by atoms with Crippen LogP contribution < -0.4 is 10.6 Å². The fraction of sp³-hybridized carbons (Fsp3) is 0.733. The molecule has 0 spiro atoms. The number of anilines is 1. The average Bonchev–Trinajstić information content (AvgIpc) is 3.17. The van der Waals surface area contributed by atoms with Crippen molar-refractivity contribution < 1.29 is 13.2 Å². The number of nitrogens with one attached hydrogen (secondary N) is 2. The van der Waals surface area contributed by atoms with Crippen LogP contribution in [-0.4, -0.2) is 73.9 Å². The number of hydrogen-bond donors (Lipinski definition) is 2. The molecule has 2 saturated heterocycles. The van der Waals surface area contributed by atoms with Gasteiger partial charge in [0.05, 0.1) is 31.5 Å². The molecule has 2 aliphatic rings. The fourth-order valence-electron chi connectivity index (χ4n) is 3.07. The highest BCUT2D eigenvalue weighted by molar-refractivity contribution is 7.86. The van der Waals surface area contributed by atoms with Crippen LogP contribution in [0.15, 0.2) is 6.07 Å². The van der Waals surface area contributed by atoms with E-state index in [0.717, 1.165) is 25.2 Å². The van der Waals surface area contributed by atoms with Crippen molar-refractivity contribution in [3.8, 4) is 0 Å². The van der Waals surface area contributed by atoms with Crippen LogP contribution in [0.5, 0.6) is 0 Å². The molecule has 1 aromatic heterocycles. The molecule has 3 heterocycles. The Kier molecular flexibility index (Phi) is 5.85. The predicted molar refractivity (Wildman–Crippen MR) is 94.3 cm³/mol. The standard InChI is InChI=1S/C15H26N6O3S/c1-16-14-10-12(18-15(19-14)13-4-3-5-17-13)11-20(2)25(22,23)21-6-8-24-9-7-21/h10,13,17H,3-9,11H2,1-2H3,(H,16,18,19). The SMILES string of the molecule is CNc1cc(CN(C)S(=O)(=O)N2CCOCC2)nc(C2CCCN2)n1. The van der Waals surface area contributed by atoms with Crippen LogP contribution in [-0.2, 0) is 21.5 Å². The van der Waals surface area contributed by atoms with Crippen molar-refractivity contribution >= 4 is 16.0 Å². The van der Waals surface area contributed by atoms with Gasteiger partial charge in [0.15, 0.2) is 0 Å². The lowest BCUT2D eigenvalue weighted by Crippen LogP contribution is -2.47. The lowest BCUT2D eigenvalue weighted by molar-refractivity contribution is 0.0705. The molecule has 0 aliphatic carbocycles. The minimum absolute atomic E-state index is 0.133. The molecular formula is C15H26N6O3S. The monoisotopic (exact) mass is 370 g/mol. The molecule has 0 bridgehead atoms. The van der Waals surface area contributed by atoms with Gasteiger partial charge in [0.1, 0.15) is 11.6 Å². The van der Waals surface area contributed by atoms with Crippen LogP contribution in [0.25, 0.3) is 0 Å². The van der Waals surface area contributed by atoms with Gasteiger partial charge in [0, 0.05) is 33.3 Å². The zero-order chi connectivity index (χ0) is 17.9. The molecule has 9 nitrogen and oxygen atoms in total. The third-order valence-electron chi connectivity index (χ3n) is 4.50. The van der Waals surface area contributed by atoms with Gasteiger partial charge in [-0.15, -0.1) is 0 Å². The van der Waals surface area contributed by atoms with Gasteiger partial charge in [-0.3, -0.25) is 0 Å². The molecule has 1 aromatic rings. The van der Waals surface area contributed by atoms with E-state index < -0.39 is 10.2 Å². The second-order valence-corrected chi connectivity index (χ2v) is 8.31. The van der Waals surface area contributed by atoms with Gasteiger partial charge < -0.3 is 15.4 Å². The van der Waals surface area contributed by atoms with Gasteiger partial charge in [-0.05, 0) is 19.4 Å². The first-order chi connectivity index (χ1) is 12.0. The Labute approximate surface area is 149 Å². The number of hydrogen-bond acceptors (Lipinski definition) is 7. The van der Waals surface area contributed by atoms with Gasteiger partial charge in [-0.1, -0.05) is 0 Å². The van der Waals surface area contributed by atoms with Gasteiger partial charge in [0.2, 0.25) is 0 Å². The van der Waals surface area contributed by atoms with Gasteiger partial charge in [-0.25, -0.2) is 9.97 Å². The van der Waals surface area contributed by atoms with Crippen molar-refractivity contribution in [3.05, 3.63) is 17.6 Å². The van der Waals surface area contributed by atoms with Crippen LogP contribution >= 0.6 is 0 Å².